The Kier molecular flexibility index (Phi) is 13.6. The largest absolute Gasteiger partial charge is 0.455 e. The summed E-state index contributed by atoms with van der Waals surface area (Å²) in [6.07, 6.45) is 0. The van der Waals surface area contributed by atoms with Gasteiger partial charge in [-0.1, -0.05) is 301 Å². The summed E-state index contributed by atoms with van der Waals surface area (Å²) in [5.41, 5.74) is 49.0. The lowest BCUT2D eigenvalue weighted by atomic mass is 9.79. The molecule has 0 atom stereocenters. The lowest BCUT2D eigenvalue weighted by molar-refractivity contribution is 0.656. The molecule has 2 aromatic heterocycles. The van der Waals surface area contributed by atoms with Crippen LogP contribution in [0.1, 0.15) is 150 Å². The molecule has 0 amide bonds. The van der Waals surface area contributed by atoms with Crippen molar-refractivity contribution in [2.45, 2.75) is 116 Å². The van der Waals surface area contributed by atoms with E-state index < -0.39 is 10.8 Å². The predicted molar refractivity (Wildman–Crippen MR) is 488 cm³/mol. The molecule has 0 radical (unpaired) electrons. The van der Waals surface area contributed by atoms with Crippen LogP contribution in [0.2, 0.25) is 0 Å². The maximum absolute atomic E-state index is 7.25. The van der Waals surface area contributed by atoms with Gasteiger partial charge in [0.05, 0.1) is 5.69 Å². The summed E-state index contributed by atoms with van der Waals surface area (Å²) in [6.45, 7) is 29.0. The highest BCUT2D eigenvalue weighted by Gasteiger charge is 2.45. The van der Waals surface area contributed by atoms with Gasteiger partial charge in [-0.05, 0) is 263 Å². The molecule has 6 aliphatic carbocycles. The second-order valence-corrected chi connectivity index (χ2v) is 37.4. The summed E-state index contributed by atoms with van der Waals surface area (Å²) in [7, 11) is 0. The fourth-order valence-electron chi connectivity index (χ4n) is 22.8. The summed E-state index contributed by atoms with van der Waals surface area (Å²) in [5, 5.41) is 4.60. The first-order chi connectivity index (χ1) is 56.5. The minimum Gasteiger partial charge on any atom is -0.455 e. The molecule has 0 bridgehead atoms. The van der Waals surface area contributed by atoms with E-state index in [1.54, 1.807) is 0 Å². The highest BCUT2D eigenvalue weighted by Crippen LogP contribution is 2.63. The van der Waals surface area contributed by atoms with Gasteiger partial charge in [-0.2, -0.15) is 0 Å². The summed E-state index contributed by atoms with van der Waals surface area (Å²) in [6, 6.07) is 118. The van der Waals surface area contributed by atoms with Crippen LogP contribution in [-0.4, -0.2) is 0 Å². The second kappa shape index (κ2) is 23.4. The van der Waals surface area contributed by atoms with E-state index in [1.165, 1.54) is 167 Å². The minimum atomic E-state index is -0.431. The molecule has 24 rings (SSSR count). The second-order valence-electron chi connectivity index (χ2n) is 37.4. The molecule has 0 fully saturated rings. The normalized spacial score (nSPS) is 15.9. The molecule has 18 aromatic rings. The average molecular weight is 1500 g/mol. The fourth-order valence-corrected chi connectivity index (χ4v) is 22.8. The van der Waals surface area contributed by atoms with Crippen LogP contribution in [-0.2, 0) is 32.5 Å². The van der Waals surface area contributed by atoms with E-state index in [0.29, 0.717) is 0 Å². The number of nitrogens with zero attached hydrogens (tertiary/aromatic N) is 1. The summed E-state index contributed by atoms with van der Waals surface area (Å²) in [5.74, 6) is 0. The van der Waals surface area contributed by atoms with Crippen LogP contribution in [0.15, 0.2) is 318 Å². The van der Waals surface area contributed by atoms with Crippen LogP contribution in [0.4, 0.5) is 17.1 Å². The van der Waals surface area contributed by atoms with Crippen LogP contribution >= 0.6 is 0 Å². The number of rotatable bonds is 8. The summed E-state index contributed by atoms with van der Waals surface area (Å²) in [4.78, 5) is 2.54. The average Bonchev–Trinajstić information content (AvgIpc) is 1.54. The maximum atomic E-state index is 7.25. The molecule has 6 aliphatic rings. The molecule has 117 heavy (non-hydrogen) atoms. The van der Waals surface area contributed by atoms with E-state index in [2.05, 4.69) is 397 Å². The molecule has 3 nitrogen and oxygen atoms in total. The molecule has 560 valence electrons. The van der Waals surface area contributed by atoms with Crippen molar-refractivity contribution in [1.29, 1.82) is 0 Å². The molecular formula is C114H87NO2. The molecule has 0 unspecified atom stereocenters. The number of anilines is 3. The van der Waals surface area contributed by atoms with E-state index >= 15 is 0 Å². The van der Waals surface area contributed by atoms with Gasteiger partial charge in [0.2, 0.25) is 0 Å². The van der Waals surface area contributed by atoms with E-state index in [1.807, 2.05) is 0 Å². The quantitative estimate of drug-likeness (QED) is 0.152. The molecule has 0 spiro atoms. The smallest absolute Gasteiger partial charge is 0.143 e. The first-order valence-corrected chi connectivity index (χ1v) is 41.8. The standard InChI is InChI=1S/C114H87NO2/c1-109(2)88-33-21-16-29-74(88)76-46-38-65(54-90(76)109)67-40-48-78-80-50-42-69(58-94(80)111(5,6)92(78)56-67)86-62-98-103(105-84-31-19-24-36-101(84)116-107(86)105)82-52-44-71(60-96(82)113(98,9)10)115(100-35-23-18-28-73(100)64-26-14-13-15-27-64)72-45-53-83-97(61-72)114(11,12)99-63-87(108-106(104(83)99)85-32-20-25-37-102(85)117-108)70-43-51-81-79-49-41-68(57-93(79)112(7,8)95(81)59-70)66-39-47-77-75-30-17-22-34-89(75)110(3,4)91(77)55-66/h13-63H,1-12H3. The molecule has 0 N–H and O–H groups in total. The van der Waals surface area contributed by atoms with Crippen molar-refractivity contribution in [1.82, 2.24) is 0 Å². The Bertz CT molecular complexity index is 7100. The van der Waals surface area contributed by atoms with Crippen molar-refractivity contribution in [3.05, 3.63) is 376 Å². The van der Waals surface area contributed by atoms with Crippen LogP contribution < -0.4 is 4.90 Å². The van der Waals surface area contributed by atoms with Crippen LogP contribution in [0.5, 0.6) is 0 Å². The monoisotopic (exact) mass is 1500 g/mol. The Morgan fingerprint density at radius 3 is 0.889 bits per heavy atom. The van der Waals surface area contributed by atoms with Crippen molar-refractivity contribution >= 4 is 60.9 Å². The topological polar surface area (TPSA) is 29.5 Å². The Morgan fingerprint density at radius 2 is 0.487 bits per heavy atom. The lowest BCUT2D eigenvalue weighted by Gasteiger charge is -2.31. The predicted octanol–water partition coefficient (Wildman–Crippen LogP) is 31.1. The number of hydrogen-bond acceptors (Lipinski definition) is 3. The Labute approximate surface area is 684 Å². The Balaban J connectivity index is 0.610. The highest BCUT2D eigenvalue weighted by molar-refractivity contribution is 6.21. The zero-order valence-corrected chi connectivity index (χ0v) is 68.2. The molecule has 0 saturated carbocycles. The van der Waals surface area contributed by atoms with Gasteiger partial charge in [0.15, 0.2) is 0 Å². The Hall–Kier alpha value is -13.1. The first kappa shape index (κ1) is 68.3. The summed E-state index contributed by atoms with van der Waals surface area (Å²) >= 11 is 0. The van der Waals surface area contributed by atoms with Gasteiger partial charge in [0.25, 0.3) is 0 Å². The van der Waals surface area contributed by atoms with E-state index in [0.717, 1.165) is 83.5 Å². The molecule has 2 heterocycles. The van der Waals surface area contributed by atoms with E-state index in [4.69, 9.17) is 8.83 Å². The number of fused-ring (bicyclic) bond motifs is 26. The van der Waals surface area contributed by atoms with Crippen molar-refractivity contribution in [3.8, 4) is 122 Å². The molecule has 16 aromatic carbocycles. The van der Waals surface area contributed by atoms with Crippen molar-refractivity contribution in [2.75, 3.05) is 4.90 Å². The zero-order valence-electron chi connectivity index (χ0n) is 68.2. The van der Waals surface area contributed by atoms with Gasteiger partial charge in [-0.15, -0.1) is 0 Å². The number of benzene rings is 16. The van der Waals surface area contributed by atoms with Gasteiger partial charge >= 0.3 is 0 Å². The van der Waals surface area contributed by atoms with Gasteiger partial charge in [-0.3, -0.25) is 0 Å². The van der Waals surface area contributed by atoms with E-state index in [9.17, 15) is 0 Å². The SMILES string of the molecule is CC1(C)c2ccccc2-c2ccc(-c3ccc4c(c3)C(C)(C)c3cc(-c5cc6c(c7c5oc5ccccc57)-c5ccc(N(c7ccc8c(c7)C(C)(C)c7cc(-c9ccc%10c(c9)C(C)(C)c9cc(-c%11ccc%12c(c%11)C(C)(C)c%11ccccc%11-%12)ccc9-%10)c9oc%10ccccc%10c9c7-8)c7ccccc7-c7ccccc7)cc5C6(C)C)ccc3-4)cc21. The van der Waals surface area contributed by atoms with E-state index in [-0.39, 0.29) is 21.7 Å². The third-order valence-electron chi connectivity index (χ3n) is 29.1. The number of furan rings is 2. The van der Waals surface area contributed by atoms with Crippen molar-refractivity contribution in [2.24, 2.45) is 0 Å². The number of para-hydroxylation sites is 3. The zero-order chi connectivity index (χ0) is 79.0. The fraction of sp³-hybridized carbons (Fsp3) is 0.158. The minimum absolute atomic E-state index is 0.0777. The highest BCUT2D eigenvalue weighted by atomic mass is 16.3. The van der Waals surface area contributed by atoms with Crippen molar-refractivity contribution < 1.29 is 8.83 Å². The molecule has 0 saturated heterocycles. The molecule has 0 aliphatic heterocycles. The van der Waals surface area contributed by atoms with Crippen LogP contribution in [0.3, 0.4) is 0 Å². The molecule has 3 heteroatoms. The van der Waals surface area contributed by atoms with Gasteiger partial charge in [0.1, 0.15) is 22.3 Å². The number of hydrogen-bond donors (Lipinski definition) is 0. The maximum Gasteiger partial charge on any atom is 0.143 e. The third-order valence-corrected chi connectivity index (χ3v) is 29.1. The lowest BCUT2D eigenvalue weighted by Crippen LogP contribution is -2.18. The summed E-state index contributed by atoms with van der Waals surface area (Å²) < 4.78 is 14.5. The molecular weight excluding hydrogens is 1420 g/mol. The van der Waals surface area contributed by atoms with Crippen LogP contribution in [0.25, 0.3) is 166 Å². The van der Waals surface area contributed by atoms with Gasteiger partial charge < -0.3 is 13.7 Å². The van der Waals surface area contributed by atoms with Crippen LogP contribution in [0, 0.1) is 0 Å². The third kappa shape index (κ3) is 9.18. The first-order valence-electron chi connectivity index (χ1n) is 41.8. The Morgan fingerprint density at radius 1 is 0.197 bits per heavy atom. The van der Waals surface area contributed by atoms with Gasteiger partial charge in [-0.25, -0.2) is 0 Å². The van der Waals surface area contributed by atoms with Gasteiger partial charge in [0, 0.05) is 82.1 Å². The van der Waals surface area contributed by atoms with Crippen molar-refractivity contribution in [3.63, 3.8) is 0 Å².